The summed E-state index contributed by atoms with van der Waals surface area (Å²) in [7, 11) is -3.75. The van der Waals surface area contributed by atoms with Crippen LogP contribution in [0.2, 0.25) is 0 Å². The van der Waals surface area contributed by atoms with E-state index >= 15 is 0 Å². The zero-order valence-corrected chi connectivity index (χ0v) is 16.1. The SMILES string of the molecule is Cc1cc(C)cc(S(=O)(=O)c2cccc(N3CCCCCC3)c2C#N)c1. The topological polar surface area (TPSA) is 61.2 Å². The van der Waals surface area contributed by atoms with Crippen LogP contribution < -0.4 is 4.90 Å². The first-order valence-corrected chi connectivity index (χ1v) is 10.5. The molecule has 0 saturated carbocycles. The van der Waals surface area contributed by atoms with Crippen molar-refractivity contribution < 1.29 is 8.42 Å². The van der Waals surface area contributed by atoms with Gasteiger partial charge in [-0.3, -0.25) is 0 Å². The van der Waals surface area contributed by atoms with E-state index in [1.165, 1.54) is 12.8 Å². The van der Waals surface area contributed by atoms with Gasteiger partial charge in [-0.25, -0.2) is 8.42 Å². The van der Waals surface area contributed by atoms with Crippen LogP contribution >= 0.6 is 0 Å². The summed E-state index contributed by atoms with van der Waals surface area (Å²) in [6, 6.07) is 12.6. The molecule has 1 saturated heterocycles. The number of anilines is 1. The summed E-state index contributed by atoms with van der Waals surface area (Å²) in [5.74, 6) is 0. The van der Waals surface area contributed by atoms with Gasteiger partial charge in [-0.15, -0.1) is 0 Å². The molecule has 0 spiro atoms. The van der Waals surface area contributed by atoms with Gasteiger partial charge in [-0.1, -0.05) is 25.0 Å². The Morgan fingerprint density at radius 2 is 1.58 bits per heavy atom. The molecule has 1 aliphatic heterocycles. The van der Waals surface area contributed by atoms with Crippen molar-refractivity contribution in [2.75, 3.05) is 18.0 Å². The lowest BCUT2D eigenvalue weighted by atomic mass is 10.1. The molecule has 3 rings (SSSR count). The quantitative estimate of drug-likeness (QED) is 0.806. The molecule has 0 atom stereocenters. The summed E-state index contributed by atoms with van der Waals surface area (Å²) >= 11 is 0. The largest absolute Gasteiger partial charge is 0.370 e. The minimum absolute atomic E-state index is 0.103. The highest BCUT2D eigenvalue weighted by Gasteiger charge is 2.25. The Balaban J connectivity index is 2.13. The number of hydrogen-bond donors (Lipinski definition) is 0. The van der Waals surface area contributed by atoms with E-state index in [0.717, 1.165) is 42.7 Å². The van der Waals surface area contributed by atoms with Gasteiger partial charge in [0.05, 0.1) is 21.0 Å². The van der Waals surface area contributed by atoms with Crippen molar-refractivity contribution in [1.82, 2.24) is 0 Å². The number of benzene rings is 2. The molecule has 136 valence electrons. The molecule has 2 aromatic carbocycles. The van der Waals surface area contributed by atoms with Crippen molar-refractivity contribution in [3.63, 3.8) is 0 Å². The first kappa shape index (κ1) is 18.5. The third-order valence-corrected chi connectivity index (χ3v) is 6.63. The summed E-state index contributed by atoms with van der Waals surface area (Å²) in [6.45, 7) is 5.49. The first-order chi connectivity index (χ1) is 12.4. The summed E-state index contributed by atoms with van der Waals surface area (Å²) in [5.41, 5.74) is 2.78. The van der Waals surface area contributed by atoms with Crippen LogP contribution in [-0.2, 0) is 9.84 Å². The van der Waals surface area contributed by atoms with Gasteiger partial charge in [0, 0.05) is 13.1 Å². The highest BCUT2D eigenvalue weighted by atomic mass is 32.2. The predicted octanol–water partition coefficient (Wildman–Crippen LogP) is 4.39. The van der Waals surface area contributed by atoms with Crippen LogP contribution in [0.3, 0.4) is 0 Å². The molecular weight excluding hydrogens is 344 g/mol. The van der Waals surface area contributed by atoms with Gasteiger partial charge >= 0.3 is 0 Å². The monoisotopic (exact) mass is 368 g/mol. The second-order valence-corrected chi connectivity index (χ2v) is 8.91. The molecule has 0 unspecified atom stereocenters. The van der Waals surface area contributed by atoms with Crippen molar-refractivity contribution in [1.29, 1.82) is 5.26 Å². The molecule has 5 heteroatoms. The van der Waals surface area contributed by atoms with E-state index in [2.05, 4.69) is 11.0 Å². The number of rotatable bonds is 3. The van der Waals surface area contributed by atoms with Gasteiger partial charge in [-0.2, -0.15) is 5.26 Å². The second-order valence-electron chi connectivity index (χ2n) is 6.99. The van der Waals surface area contributed by atoms with E-state index in [1.54, 1.807) is 24.3 Å². The fourth-order valence-corrected chi connectivity index (χ4v) is 5.26. The average molecular weight is 369 g/mol. The Morgan fingerprint density at radius 1 is 0.962 bits per heavy atom. The Morgan fingerprint density at radius 3 is 2.15 bits per heavy atom. The van der Waals surface area contributed by atoms with Gasteiger partial charge in [0.1, 0.15) is 6.07 Å². The Kier molecular flexibility index (Phi) is 5.33. The normalized spacial score (nSPS) is 15.3. The average Bonchev–Trinajstić information content (AvgIpc) is 2.89. The molecule has 1 fully saturated rings. The molecule has 4 nitrogen and oxygen atoms in total. The Hall–Kier alpha value is -2.32. The summed E-state index contributed by atoms with van der Waals surface area (Å²) in [6.07, 6.45) is 4.50. The summed E-state index contributed by atoms with van der Waals surface area (Å²) in [5, 5.41) is 9.78. The molecule has 1 heterocycles. The third-order valence-electron chi connectivity index (χ3n) is 4.86. The number of sulfone groups is 1. The van der Waals surface area contributed by atoms with E-state index in [-0.39, 0.29) is 15.4 Å². The zero-order chi connectivity index (χ0) is 18.7. The molecule has 0 aromatic heterocycles. The van der Waals surface area contributed by atoms with E-state index < -0.39 is 9.84 Å². The maximum absolute atomic E-state index is 13.3. The van der Waals surface area contributed by atoms with Gasteiger partial charge < -0.3 is 4.90 Å². The molecule has 2 aromatic rings. The van der Waals surface area contributed by atoms with Crippen molar-refractivity contribution in [2.24, 2.45) is 0 Å². The number of hydrogen-bond acceptors (Lipinski definition) is 4. The lowest BCUT2D eigenvalue weighted by Gasteiger charge is -2.24. The van der Waals surface area contributed by atoms with Gasteiger partial charge in [0.25, 0.3) is 0 Å². The van der Waals surface area contributed by atoms with Crippen molar-refractivity contribution in [3.05, 3.63) is 53.1 Å². The molecule has 26 heavy (non-hydrogen) atoms. The molecule has 0 bridgehead atoms. The fourth-order valence-electron chi connectivity index (χ4n) is 3.65. The van der Waals surface area contributed by atoms with Crippen molar-refractivity contribution in [2.45, 2.75) is 49.3 Å². The minimum atomic E-state index is -3.75. The summed E-state index contributed by atoms with van der Waals surface area (Å²) < 4.78 is 26.5. The standard InChI is InChI=1S/C21H24N2O2S/c1-16-12-17(2)14-18(13-16)26(24,25)21-9-7-8-20(19(21)15-22)23-10-5-3-4-6-11-23/h7-9,12-14H,3-6,10-11H2,1-2H3. The van der Waals surface area contributed by atoms with Gasteiger partial charge in [0.15, 0.2) is 0 Å². The van der Waals surface area contributed by atoms with Gasteiger partial charge in [-0.05, 0) is 62.1 Å². The second kappa shape index (κ2) is 7.51. The predicted molar refractivity (Wildman–Crippen MR) is 103 cm³/mol. The minimum Gasteiger partial charge on any atom is -0.370 e. The fraction of sp³-hybridized carbons (Fsp3) is 0.381. The maximum Gasteiger partial charge on any atom is 0.207 e. The highest BCUT2D eigenvalue weighted by Crippen LogP contribution is 2.32. The third kappa shape index (κ3) is 3.61. The zero-order valence-electron chi connectivity index (χ0n) is 15.3. The Bertz CT molecular complexity index is 930. The number of aryl methyl sites for hydroxylation is 2. The van der Waals surface area contributed by atoms with Crippen molar-refractivity contribution in [3.8, 4) is 6.07 Å². The first-order valence-electron chi connectivity index (χ1n) is 9.05. The van der Waals surface area contributed by atoms with Crippen LogP contribution in [0.25, 0.3) is 0 Å². The van der Waals surface area contributed by atoms with Crippen LogP contribution in [0.15, 0.2) is 46.2 Å². The molecule has 0 N–H and O–H groups in total. The molecule has 0 radical (unpaired) electrons. The highest BCUT2D eigenvalue weighted by molar-refractivity contribution is 7.91. The van der Waals surface area contributed by atoms with E-state index in [0.29, 0.717) is 0 Å². The smallest absolute Gasteiger partial charge is 0.207 e. The van der Waals surface area contributed by atoms with Crippen molar-refractivity contribution >= 4 is 15.5 Å². The molecular formula is C21H24N2O2S. The molecule has 0 amide bonds. The van der Waals surface area contributed by atoms with Crippen LogP contribution in [-0.4, -0.2) is 21.5 Å². The molecule has 1 aliphatic rings. The maximum atomic E-state index is 13.3. The lowest BCUT2D eigenvalue weighted by Crippen LogP contribution is -2.25. The van der Waals surface area contributed by atoms with Gasteiger partial charge in [0.2, 0.25) is 9.84 Å². The van der Waals surface area contributed by atoms with Crippen LogP contribution in [0, 0.1) is 25.2 Å². The Labute approximate surface area is 156 Å². The summed E-state index contributed by atoms with van der Waals surface area (Å²) in [4.78, 5) is 2.51. The van der Waals surface area contributed by atoms with E-state index in [4.69, 9.17) is 0 Å². The van der Waals surface area contributed by atoms with Crippen LogP contribution in [0.5, 0.6) is 0 Å². The number of nitriles is 1. The molecule has 0 aliphatic carbocycles. The lowest BCUT2D eigenvalue weighted by molar-refractivity contribution is 0.595. The van der Waals surface area contributed by atoms with Crippen LogP contribution in [0.4, 0.5) is 5.69 Å². The number of nitrogens with zero attached hydrogens (tertiary/aromatic N) is 2. The van der Waals surface area contributed by atoms with E-state index in [1.807, 2.05) is 26.0 Å². The van der Waals surface area contributed by atoms with Crippen LogP contribution in [0.1, 0.15) is 42.4 Å². The van der Waals surface area contributed by atoms with E-state index in [9.17, 15) is 13.7 Å².